The standard InChI is InChI=1S/C9H11F3N2O2/c1-2-15-8(9(10,11)12)16-7-6(13)4-3-5-14-7/h3-5,8H,2,13H2,1H3/t8-/m0/s1. The van der Waals surface area contributed by atoms with Crippen molar-refractivity contribution >= 4 is 5.69 Å². The summed E-state index contributed by atoms with van der Waals surface area (Å²) in [7, 11) is 0. The molecular formula is C9H11F3N2O2. The molecule has 1 aromatic rings. The van der Waals surface area contributed by atoms with E-state index < -0.39 is 12.5 Å². The van der Waals surface area contributed by atoms with Gasteiger partial charge in [0.1, 0.15) is 0 Å². The number of pyridine rings is 1. The quantitative estimate of drug-likeness (QED) is 0.812. The predicted molar refractivity (Wildman–Crippen MR) is 50.7 cm³/mol. The van der Waals surface area contributed by atoms with Gasteiger partial charge >= 0.3 is 6.18 Å². The van der Waals surface area contributed by atoms with Crippen LogP contribution in [-0.2, 0) is 4.74 Å². The van der Waals surface area contributed by atoms with Crippen molar-refractivity contribution in [1.82, 2.24) is 4.98 Å². The third kappa shape index (κ3) is 3.27. The second-order valence-corrected chi connectivity index (χ2v) is 2.84. The average molecular weight is 236 g/mol. The summed E-state index contributed by atoms with van der Waals surface area (Å²) in [5.74, 6) is -0.293. The zero-order valence-corrected chi connectivity index (χ0v) is 8.49. The van der Waals surface area contributed by atoms with E-state index in [2.05, 4.69) is 14.5 Å². The van der Waals surface area contributed by atoms with Gasteiger partial charge in [-0.3, -0.25) is 0 Å². The summed E-state index contributed by atoms with van der Waals surface area (Å²) in [5.41, 5.74) is 5.42. The van der Waals surface area contributed by atoms with Gasteiger partial charge < -0.3 is 15.2 Å². The highest BCUT2D eigenvalue weighted by Gasteiger charge is 2.43. The minimum absolute atomic E-state index is 0.0245. The molecular weight excluding hydrogens is 225 g/mol. The summed E-state index contributed by atoms with van der Waals surface area (Å²) in [6.45, 7) is 1.31. The van der Waals surface area contributed by atoms with E-state index in [-0.39, 0.29) is 18.2 Å². The molecule has 4 nitrogen and oxygen atoms in total. The number of rotatable bonds is 4. The maximum absolute atomic E-state index is 12.4. The molecule has 1 atom stereocenters. The lowest BCUT2D eigenvalue weighted by Crippen LogP contribution is -2.37. The Morgan fingerprint density at radius 2 is 2.19 bits per heavy atom. The minimum atomic E-state index is -4.63. The molecule has 2 N–H and O–H groups in total. The maximum Gasteiger partial charge on any atom is 0.452 e. The Hall–Kier alpha value is -1.50. The molecule has 0 saturated carbocycles. The summed E-state index contributed by atoms with van der Waals surface area (Å²) in [6.07, 6.45) is -5.69. The van der Waals surface area contributed by atoms with Crippen LogP contribution in [-0.4, -0.2) is 24.1 Å². The number of halogens is 3. The molecule has 1 rings (SSSR count). The Morgan fingerprint density at radius 3 is 2.69 bits per heavy atom. The Bertz CT molecular complexity index is 344. The Morgan fingerprint density at radius 1 is 1.50 bits per heavy atom. The van der Waals surface area contributed by atoms with Crippen molar-refractivity contribution in [2.24, 2.45) is 0 Å². The molecule has 0 amide bonds. The summed E-state index contributed by atoms with van der Waals surface area (Å²) < 4.78 is 46.2. The summed E-state index contributed by atoms with van der Waals surface area (Å²) >= 11 is 0. The van der Waals surface area contributed by atoms with Crippen LogP contribution >= 0.6 is 0 Å². The average Bonchev–Trinajstić information content (AvgIpc) is 2.19. The molecule has 0 aromatic carbocycles. The van der Waals surface area contributed by atoms with Crippen LogP contribution in [0.25, 0.3) is 0 Å². The normalized spacial score (nSPS) is 13.5. The molecule has 0 spiro atoms. The highest BCUT2D eigenvalue weighted by Crippen LogP contribution is 2.27. The number of ether oxygens (including phenoxy) is 2. The van der Waals surface area contributed by atoms with Gasteiger partial charge in [-0.05, 0) is 19.1 Å². The van der Waals surface area contributed by atoms with Gasteiger partial charge in [0, 0.05) is 12.8 Å². The van der Waals surface area contributed by atoms with Crippen molar-refractivity contribution in [3.8, 4) is 5.88 Å². The molecule has 7 heteroatoms. The Balaban J connectivity index is 2.80. The molecule has 0 aliphatic heterocycles. The van der Waals surface area contributed by atoms with Crippen LogP contribution < -0.4 is 10.5 Å². The highest BCUT2D eigenvalue weighted by atomic mass is 19.4. The van der Waals surface area contributed by atoms with E-state index in [1.165, 1.54) is 25.3 Å². The van der Waals surface area contributed by atoms with Gasteiger partial charge in [-0.25, -0.2) is 4.98 Å². The number of anilines is 1. The first kappa shape index (κ1) is 12.6. The van der Waals surface area contributed by atoms with Crippen molar-refractivity contribution < 1.29 is 22.6 Å². The van der Waals surface area contributed by atoms with Crippen LogP contribution in [0.2, 0.25) is 0 Å². The summed E-state index contributed by atoms with van der Waals surface area (Å²) in [6, 6.07) is 2.88. The lowest BCUT2D eigenvalue weighted by atomic mass is 10.4. The van der Waals surface area contributed by atoms with E-state index in [9.17, 15) is 13.2 Å². The number of nitrogens with zero attached hydrogens (tertiary/aromatic N) is 1. The Kier molecular flexibility index (Phi) is 3.94. The summed E-state index contributed by atoms with van der Waals surface area (Å²) in [4.78, 5) is 3.59. The van der Waals surface area contributed by atoms with E-state index >= 15 is 0 Å². The van der Waals surface area contributed by atoms with Gasteiger partial charge in [0.2, 0.25) is 5.88 Å². The van der Waals surface area contributed by atoms with Crippen LogP contribution in [0.4, 0.5) is 18.9 Å². The van der Waals surface area contributed by atoms with E-state index in [0.717, 1.165) is 0 Å². The first-order valence-electron chi connectivity index (χ1n) is 4.50. The van der Waals surface area contributed by atoms with Crippen LogP contribution in [0.1, 0.15) is 6.92 Å². The van der Waals surface area contributed by atoms with Crippen LogP contribution in [0.3, 0.4) is 0 Å². The molecule has 0 fully saturated rings. The monoisotopic (exact) mass is 236 g/mol. The zero-order valence-electron chi connectivity index (χ0n) is 8.49. The van der Waals surface area contributed by atoms with Crippen LogP contribution in [0.5, 0.6) is 5.88 Å². The third-order valence-corrected chi connectivity index (χ3v) is 1.60. The number of hydrogen-bond donors (Lipinski definition) is 1. The molecule has 16 heavy (non-hydrogen) atoms. The number of alkyl halides is 3. The van der Waals surface area contributed by atoms with Crippen molar-refractivity contribution in [1.29, 1.82) is 0 Å². The van der Waals surface area contributed by atoms with Gasteiger partial charge in [-0.1, -0.05) is 0 Å². The SMILES string of the molecule is CCO[C@@H](Oc1ncccc1N)C(F)(F)F. The van der Waals surface area contributed by atoms with Crippen LogP contribution in [0.15, 0.2) is 18.3 Å². The number of hydrogen-bond acceptors (Lipinski definition) is 4. The fourth-order valence-electron chi connectivity index (χ4n) is 0.950. The van der Waals surface area contributed by atoms with Gasteiger partial charge in [0.25, 0.3) is 6.29 Å². The topological polar surface area (TPSA) is 57.4 Å². The van der Waals surface area contributed by atoms with Gasteiger partial charge in [0.15, 0.2) is 0 Å². The molecule has 1 aromatic heterocycles. The fraction of sp³-hybridized carbons (Fsp3) is 0.444. The van der Waals surface area contributed by atoms with Gasteiger partial charge in [-0.2, -0.15) is 13.2 Å². The lowest BCUT2D eigenvalue weighted by Gasteiger charge is -2.20. The molecule has 0 bridgehead atoms. The number of aromatic nitrogens is 1. The maximum atomic E-state index is 12.4. The first-order chi connectivity index (χ1) is 7.45. The molecule has 1 heterocycles. The molecule has 0 aliphatic rings. The Labute approximate surface area is 90.2 Å². The third-order valence-electron chi connectivity index (χ3n) is 1.60. The minimum Gasteiger partial charge on any atom is -0.436 e. The van der Waals surface area contributed by atoms with E-state index in [0.29, 0.717) is 0 Å². The zero-order chi connectivity index (χ0) is 12.2. The highest BCUT2D eigenvalue weighted by molar-refractivity contribution is 5.46. The van der Waals surface area contributed by atoms with Crippen molar-refractivity contribution in [2.75, 3.05) is 12.3 Å². The molecule has 0 aliphatic carbocycles. The number of nitrogens with two attached hydrogens (primary N) is 1. The van der Waals surface area contributed by atoms with Gasteiger partial charge in [0.05, 0.1) is 5.69 Å². The second-order valence-electron chi connectivity index (χ2n) is 2.84. The molecule has 90 valence electrons. The van der Waals surface area contributed by atoms with E-state index in [1.807, 2.05) is 0 Å². The first-order valence-corrected chi connectivity index (χ1v) is 4.50. The van der Waals surface area contributed by atoms with Crippen molar-refractivity contribution in [3.63, 3.8) is 0 Å². The second kappa shape index (κ2) is 5.02. The molecule has 0 radical (unpaired) electrons. The van der Waals surface area contributed by atoms with Crippen molar-refractivity contribution in [3.05, 3.63) is 18.3 Å². The van der Waals surface area contributed by atoms with Crippen LogP contribution in [0, 0.1) is 0 Å². The number of nitrogen functional groups attached to an aromatic ring is 1. The largest absolute Gasteiger partial charge is 0.452 e. The lowest BCUT2D eigenvalue weighted by molar-refractivity contribution is -0.281. The van der Waals surface area contributed by atoms with E-state index in [1.54, 1.807) is 0 Å². The summed E-state index contributed by atoms with van der Waals surface area (Å²) in [5, 5.41) is 0. The van der Waals surface area contributed by atoms with E-state index in [4.69, 9.17) is 5.73 Å². The molecule has 0 saturated heterocycles. The molecule has 0 unspecified atom stereocenters. The van der Waals surface area contributed by atoms with Crippen molar-refractivity contribution in [2.45, 2.75) is 19.4 Å². The smallest absolute Gasteiger partial charge is 0.436 e. The predicted octanol–water partition coefficient (Wildman–Crippen LogP) is 1.97. The fourth-order valence-corrected chi connectivity index (χ4v) is 0.950. The van der Waals surface area contributed by atoms with Gasteiger partial charge in [-0.15, -0.1) is 0 Å².